The second-order valence-electron chi connectivity index (χ2n) is 6.57. The van der Waals surface area contributed by atoms with Crippen LogP contribution in [0.5, 0.6) is 0 Å². The van der Waals surface area contributed by atoms with E-state index in [2.05, 4.69) is 13.2 Å². The van der Waals surface area contributed by atoms with Crippen LogP contribution in [0.4, 0.5) is 4.79 Å². The number of ether oxygens (including phenoxy) is 3. The molecule has 1 amide bonds. The number of amides is 1. The summed E-state index contributed by atoms with van der Waals surface area (Å²) in [4.78, 5) is 14.1. The summed E-state index contributed by atoms with van der Waals surface area (Å²) in [5, 5.41) is 0. The third-order valence-corrected chi connectivity index (χ3v) is 4.27. The summed E-state index contributed by atoms with van der Waals surface area (Å²) in [7, 11) is 0. The molecule has 0 unspecified atom stereocenters. The summed E-state index contributed by atoms with van der Waals surface area (Å²) < 4.78 is 17.2. The van der Waals surface area contributed by atoms with Crippen molar-refractivity contribution in [3.8, 4) is 0 Å². The molecule has 3 atom stereocenters. The molecule has 3 rings (SSSR count). The molecule has 0 saturated carbocycles. The van der Waals surface area contributed by atoms with Crippen molar-refractivity contribution in [3.05, 3.63) is 60.7 Å². The lowest BCUT2D eigenvalue weighted by Crippen LogP contribution is -2.54. The number of hydrogen-bond acceptors (Lipinski definition) is 4. The lowest BCUT2D eigenvalue weighted by atomic mass is 9.96. The van der Waals surface area contributed by atoms with E-state index < -0.39 is 5.79 Å². The monoisotopic (exact) mass is 329 g/mol. The molecule has 5 heteroatoms. The molecule has 5 nitrogen and oxygen atoms in total. The number of cyclic esters (lactones) is 1. The van der Waals surface area contributed by atoms with Gasteiger partial charge in [-0.25, -0.2) is 4.79 Å². The SMILES string of the molecule is C=C[C@H]1OC(C)(C)O[C@H]1[C@@H]1C(=C)COC(=O)N1Cc1ccccc1. The molecule has 0 spiro atoms. The zero-order chi connectivity index (χ0) is 17.3. The first-order chi connectivity index (χ1) is 11.4. The Balaban J connectivity index is 1.90. The van der Waals surface area contributed by atoms with Crippen molar-refractivity contribution < 1.29 is 19.0 Å². The van der Waals surface area contributed by atoms with Gasteiger partial charge in [-0.1, -0.05) is 43.0 Å². The molecule has 2 fully saturated rings. The Hall–Kier alpha value is -2.11. The average Bonchev–Trinajstić information content (AvgIpc) is 2.87. The molecule has 1 aromatic rings. The minimum atomic E-state index is -0.733. The van der Waals surface area contributed by atoms with E-state index in [-0.39, 0.29) is 30.9 Å². The molecule has 0 aromatic heterocycles. The van der Waals surface area contributed by atoms with Gasteiger partial charge in [0, 0.05) is 6.54 Å². The molecular formula is C19H23NO4. The van der Waals surface area contributed by atoms with Crippen LogP contribution in [0.1, 0.15) is 19.4 Å². The lowest BCUT2D eigenvalue weighted by Gasteiger charge is -2.40. The van der Waals surface area contributed by atoms with Crippen LogP contribution in [0.2, 0.25) is 0 Å². The fourth-order valence-corrected chi connectivity index (χ4v) is 3.25. The first-order valence-corrected chi connectivity index (χ1v) is 8.04. The molecule has 0 N–H and O–H groups in total. The summed E-state index contributed by atoms with van der Waals surface area (Å²) in [5.74, 6) is -0.733. The minimum Gasteiger partial charge on any atom is -0.445 e. The third-order valence-electron chi connectivity index (χ3n) is 4.27. The molecule has 2 saturated heterocycles. The van der Waals surface area contributed by atoms with E-state index in [0.717, 1.165) is 11.1 Å². The average molecular weight is 329 g/mol. The molecular weight excluding hydrogens is 306 g/mol. The highest BCUT2D eigenvalue weighted by atomic mass is 16.8. The summed E-state index contributed by atoms with van der Waals surface area (Å²) in [6.07, 6.45) is 0.674. The summed E-state index contributed by atoms with van der Waals surface area (Å²) in [6, 6.07) is 9.46. The smallest absolute Gasteiger partial charge is 0.410 e. The highest BCUT2D eigenvalue weighted by molar-refractivity contribution is 5.70. The van der Waals surface area contributed by atoms with Crippen molar-refractivity contribution in [2.24, 2.45) is 0 Å². The van der Waals surface area contributed by atoms with E-state index in [0.29, 0.717) is 6.54 Å². The van der Waals surface area contributed by atoms with Crippen molar-refractivity contribution >= 4 is 6.09 Å². The second kappa shape index (κ2) is 6.42. The first-order valence-electron chi connectivity index (χ1n) is 8.04. The second-order valence-corrected chi connectivity index (χ2v) is 6.57. The molecule has 0 bridgehead atoms. The lowest BCUT2D eigenvalue weighted by molar-refractivity contribution is -0.148. The molecule has 0 aliphatic carbocycles. The van der Waals surface area contributed by atoms with E-state index in [1.54, 1.807) is 11.0 Å². The molecule has 2 aliphatic rings. The molecule has 128 valence electrons. The Morgan fingerprint density at radius 2 is 2.00 bits per heavy atom. The van der Waals surface area contributed by atoms with Crippen molar-refractivity contribution in [2.75, 3.05) is 6.61 Å². The van der Waals surface area contributed by atoms with Crippen LogP contribution in [-0.4, -0.2) is 41.6 Å². The highest BCUT2D eigenvalue weighted by Gasteiger charge is 2.49. The normalized spacial score (nSPS) is 29.4. The maximum Gasteiger partial charge on any atom is 0.410 e. The maximum atomic E-state index is 12.4. The Bertz CT molecular complexity index is 640. The Kier molecular flexibility index (Phi) is 4.47. The number of carbonyl (C=O) groups is 1. The van der Waals surface area contributed by atoms with E-state index in [9.17, 15) is 4.79 Å². The molecule has 1 aromatic carbocycles. The van der Waals surface area contributed by atoms with E-state index in [1.165, 1.54) is 0 Å². The Morgan fingerprint density at radius 3 is 2.67 bits per heavy atom. The van der Waals surface area contributed by atoms with Crippen LogP contribution in [0.25, 0.3) is 0 Å². The minimum absolute atomic E-state index is 0.193. The zero-order valence-electron chi connectivity index (χ0n) is 14.1. The van der Waals surface area contributed by atoms with Gasteiger partial charge in [-0.2, -0.15) is 0 Å². The van der Waals surface area contributed by atoms with Gasteiger partial charge in [-0.3, -0.25) is 4.90 Å². The number of carbonyl (C=O) groups excluding carboxylic acids is 1. The molecule has 2 heterocycles. The van der Waals surface area contributed by atoms with Crippen LogP contribution in [-0.2, 0) is 20.8 Å². The van der Waals surface area contributed by atoms with E-state index >= 15 is 0 Å². The largest absolute Gasteiger partial charge is 0.445 e. The third kappa shape index (κ3) is 3.23. The zero-order valence-corrected chi connectivity index (χ0v) is 14.1. The van der Waals surface area contributed by atoms with Gasteiger partial charge < -0.3 is 14.2 Å². The van der Waals surface area contributed by atoms with Gasteiger partial charge in [0.15, 0.2) is 5.79 Å². The van der Waals surface area contributed by atoms with Crippen molar-refractivity contribution in [2.45, 2.75) is 44.4 Å². The summed E-state index contributed by atoms with van der Waals surface area (Å²) in [5.41, 5.74) is 1.81. The number of nitrogens with zero attached hydrogens (tertiary/aromatic N) is 1. The maximum absolute atomic E-state index is 12.4. The number of rotatable bonds is 4. The van der Waals surface area contributed by atoms with Crippen LogP contribution in [0, 0.1) is 0 Å². The first kappa shape index (κ1) is 16.7. The van der Waals surface area contributed by atoms with Crippen molar-refractivity contribution in [3.63, 3.8) is 0 Å². The van der Waals surface area contributed by atoms with Gasteiger partial charge in [0.2, 0.25) is 0 Å². The standard InChI is InChI=1S/C19H23NO4/c1-5-15-17(24-19(3,4)23-15)16-13(2)12-22-18(21)20(16)11-14-9-7-6-8-10-14/h5-10,15-17H,1-2,11-12H2,3-4H3/t15-,16+,17-/m1/s1. The summed E-state index contributed by atoms with van der Waals surface area (Å²) >= 11 is 0. The van der Waals surface area contributed by atoms with Crippen molar-refractivity contribution in [1.82, 2.24) is 4.90 Å². The van der Waals surface area contributed by atoms with Crippen molar-refractivity contribution in [1.29, 1.82) is 0 Å². The summed E-state index contributed by atoms with van der Waals surface area (Å²) in [6.45, 7) is 12.3. The molecule has 2 aliphatic heterocycles. The van der Waals surface area contributed by atoms with E-state index in [4.69, 9.17) is 14.2 Å². The van der Waals surface area contributed by atoms with Gasteiger partial charge >= 0.3 is 6.09 Å². The predicted octanol–water partition coefficient (Wildman–Crippen LogP) is 3.27. The van der Waals surface area contributed by atoms with Gasteiger partial charge in [0.1, 0.15) is 18.8 Å². The number of hydrogen-bond donors (Lipinski definition) is 0. The van der Waals surface area contributed by atoms with E-state index in [1.807, 2.05) is 44.2 Å². The van der Waals surface area contributed by atoms with Gasteiger partial charge in [-0.15, -0.1) is 6.58 Å². The predicted molar refractivity (Wildman–Crippen MR) is 90.3 cm³/mol. The van der Waals surface area contributed by atoms with Crippen LogP contribution in [0.3, 0.4) is 0 Å². The number of benzene rings is 1. The highest BCUT2D eigenvalue weighted by Crippen LogP contribution is 2.36. The fraction of sp³-hybridized carbons (Fsp3) is 0.421. The fourth-order valence-electron chi connectivity index (χ4n) is 3.25. The van der Waals surface area contributed by atoms with Crippen LogP contribution in [0.15, 0.2) is 55.1 Å². The quantitative estimate of drug-likeness (QED) is 0.796. The van der Waals surface area contributed by atoms with Gasteiger partial charge in [0.25, 0.3) is 0 Å². The Labute approximate surface area is 142 Å². The van der Waals surface area contributed by atoms with Crippen LogP contribution < -0.4 is 0 Å². The topological polar surface area (TPSA) is 48.0 Å². The Morgan fingerprint density at radius 1 is 1.29 bits per heavy atom. The molecule has 24 heavy (non-hydrogen) atoms. The van der Waals surface area contributed by atoms with Gasteiger partial charge in [0.05, 0.1) is 6.04 Å². The molecule has 0 radical (unpaired) electrons. The van der Waals surface area contributed by atoms with Gasteiger partial charge in [-0.05, 0) is 25.0 Å². The van der Waals surface area contributed by atoms with Crippen LogP contribution >= 0.6 is 0 Å².